The molecule has 0 fully saturated rings. The number of benzene rings is 3. The first-order valence-electron chi connectivity index (χ1n) is 9.97. The van der Waals surface area contributed by atoms with Crippen molar-refractivity contribution in [2.75, 3.05) is 7.11 Å². The van der Waals surface area contributed by atoms with Crippen LogP contribution in [0, 0.1) is 0 Å². The zero-order chi connectivity index (χ0) is 22.1. The van der Waals surface area contributed by atoms with E-state index in [0.717, 1.165) is 22.1 Å². The van der Waals surface area contributed by atoms with E-state index < -0.39 is 5.97 Å². The van der Waals surface area contributed by atoms with E-state index in [-0.39, 0.29) is 12.3 Å². The molecule has 0 unspecified atom stereocenters. The van der Waals surface area contributed by atoms with Gasteiger partial charge in [-0.15, -0.1) is 0 Å². The quantitative estimate of drug-likeness (QED) is 0.332. The third-order valence-electron chi connectivity index (χ3n) is 5.24. The fourth-order valence-electron chi connectivity index (χ4n) is 3.82. The molecule has 0 saturated carbocycles. The van der Waals surface area contributed by atoms with Crippen LogP contribution < -0.4 is 4.74 Å². The first-order valence-corrected chi connectivity index (χ1v) is 10.3. The number of halogens is 1. The molecule has 2 aromatic heterocycles. The van der Waals surface area contributed by atoms with Gasteiger partial charge in [-0.2, -0.15) is 5.10 Å². The summed E-state index contributed by atoms with van der Waals surface area (Å²) in [5.41, 5.74) is 3.46. The van der Waals surface area contributed by atoms with Crippen molar-refractivity contribution in [3.8, 4) is 16.9 Å². The van der Waals surface area contributed by atoms with Crippen LogP contribution in [0.3, 0.4) is 0 Å². The minimum Gasteiger partial charge on any atom is -0.486 e. The van der Waals surface area contributed by atoms with Gasteiger partial charge in [-0.25, -0.2) is 14.3 Å². The molecule has 5 rings (SSSR count). The van der Waals surface area contributed by atoms with Crippen LogP contribution in [0.15, 0.2) is 79.1 Å². The Hall–Kier alpha value is -3.90. The molecule has 0 bridgehead atoms. The molecule has 3 aromatic carbocycles. The van der Waals surface area contributed by atoms with Crippen LogP contribution >= 0.6 is 11.6 Å². The van der Waals surface area contributed by atoms with Gasteiger partial charge in [0.2, 0.25) is 0 Å². The third-order valence-corrected chi connectivity index (χ3v) is 5.45. The Kier molecular flexibility index (Phi) is 5.21. The lowest BCUT2D eigenvalue weighted by molar-refractivity contribution is 0.0585. The molecule has 5 aromatic rings. The molecular formula is C25H18ClN3O3. The highest BCUT2D eigenvalue weighted by Crippen LogP contribution is 2.40. The zero-order valence-electron chi connectivity index (χ0n) is 17.2. The highest BCUT2D eigenvalue weighted by molar-refractivity contribution is 6.32. The summed E-state index contributed by atoms with van der Waals surface area (Å²) in [5.74, 6) is -0.236. The number of carbonyl (C=O) groups is 1. The summed E-state index contributed by atoms with van der Waals surface area (Å²) in [7, 11) is 1.32. The molecule has 0 aliphatic carbocycles. The van der Waals surface area contributed by atoms with Crippen molar-refractivity contribution >= 4 is 34.0 Å². The van der Waals surface area contributed by atoms with Gasteiger partial charge >= 0.3 is 5.97 Å². The Bertz CT molecular complexity index is 1430. The van der Waals surface area contributed by atoms with Gasteiger partial charge in [0.25, 0.3) is 0 Å². The maximum atomic E-state index is 12.8. The summed E-state index contributed by atoms with van der Waals surface area (Å²) in [5, 5.41) is 6.26. The number of nitrogens with zero attached hydrogens (tertiary/aromatic N) is 3. The first-order chi connectivity index (χ1) is 15.7. The number of fused-ring (bicyclic) bond motifs is 3. The van der Waals surface area contributed by atoms with Crippen LogP contribution in [-0.2, 0) is 11.3 Å². The van der Waals surface area contributed by atoms with E-state index in [9.17, 15) is 4.79 Å². The molecule has 0 saturated heterocycles. The second-order valence-corrected chi connectivity index (χ2v) is 7.62. The number of hydrogen-bond donors (Lipinski definition) is 0. The molecule has 6 nitrogen and oxygen atoms in total. The normalized spacial score (nSPS) is 11.1. The van der Waals surface area contributed by atoms with Gasteiger partial charge in [0.05, 0.1) is 7.11 Å². The standard InChI is InChI=1S/C25H18ClN3O3/c1-31-25(30)22-23(32-14-16-8-4-2-5-9-16)20-13-18(26)12-19(17-10-6-3-7-11-17)21(20)24-27-15-28-29(22)24/h2-13,15H,14H2,1H3. The summed E-state index contributed by atoms with van der Waals surface area (Å²) in [6.45, 7) is 0.257. The van der Waals surface area contributed by atoms with Crippen LogP contribution in [0.2, 0.25) is 5.02 Å². The van der Waals surface area contributed by atoms with Crippen LogP contribution in [0.25, 0.3) is 27.5 Å². The number of pyridine rings is 1. The van der Waals surface area contributed by atoms with E-state index in [1.54, 1.807) is 6.07 Å². The van der Waals surface area contributed by atoms with Crippen molar-refractivity contribution in [3.63, 3.8) is 0 Å². The molecular weight excluding hydrogens is 426 g/mol. The van der Waals surface area contributed by atoms with Gasteiger partial charge in [0.15, 0.2) is 17.1 Å². The topological polar surface area (TPSA) is 65.7 Å². The Balaban J connectivity index is 1.84. The summed E-state index contributed by atoms with van der Waals surface area (Å²) < 4.78 is 12.8. The number of rotatable bonds is 5. The maximum Gasteiger partial charge on any atom is 0.360 e. The van der Waals surface area contributed by atoms with Crippen molar-refractivity contribution in [2.24, 2.45) is 0 Å². The van der Waals surface area contributed by atoms with E-state index in [4.69, 9.17) is 21.1 Å². The summed E-state index contributed by atoms with van der Waals surface area (Å²) in [4.78, 5) is 17.3. The van der Waals surface area contributed by atoms with Crippen molar-refractivity contribution in [1.29, 1.82) is 0 Å². The molecule has 0 amide bonds. The second kappa shape index (κ2) is 8.32. The number of hydrogen-bond acceptors (Lipinski definition) is 5. The Labute approximate surface area is 189 Å². The number of ether oxygens (including phenoxy) is 2. The first kappa shape index (κ1) is 20.0. The molecule has 0 aliphatic heterocycles. The number of methoxy groups -OCH3 is 1. The van der Waals surface area contributed by atoms with Gasteiger partial charge in [-0.05, 0) is 28.8 Å². The fraction of sp³-hybridized carbons (Fsp3) is 0.0800. The van der Waals surface area contributed by atoms with Gasteiger partial charge in [-0.1, -0.05) is 72.3 Å². The lowest BCUT2D eigenvalue weighted by Crippen LogP contribution is -2.13. The van der Waals surface area contributed by atoms with Gasteiger partial charge in [0, 0.05) is 15.8 Å². The Morgan fingerprint density at radius 3 is 2.47 bits per heavy atom. The van der Waals surface area contributed by atoms with E-state index in [2.05, 4.69) is 10.1 Å². The van der Waals surface area contributed by atoms with Crippen molar-refractivity contribution in [2.45, 2.75) is 6.61 Å². The average Bonchev–Trinajstić information content (AvgIpc) is 3.32. The Morgan fingerprint density at radius 1 is 1.03 bits per heavy atom. The molecule has 0 atom stereocenters. The molecule has 0 aliphatic rings. The van der Waals surface area contributed by atoms with Gasteiger partial charge in [-0.3, -0.25) is 0 Å². The molecule has 0 radical (unpaired) electrons. The molecule has 0 N–H and O–H groups in total. The molecule has 7 heteroatoms. The number of aromatic nitrogens is 3. The number of esters is 1. The lowest BCUT2D eigenvalue weighted by atomic mass is 9.98. The minimum absolute atomic E-state index is 0.157. The molecule has 0 spiro atoms. The summed E-state index contributed by atoms with van der Waals surface area (Å²) >= 11 is 6.54. The zero-order valence-corrected chi connectivity index (χ0v) is 17.9. The van der Waals surface area contributed by atoms with E-state index in [0.29, 0.717) is 21.8 Å². The highest BCUT2D eigenvalue weighted by atomic mass is 35.5. The fourth-order valence-corrected chi connectivity index (χ4v) is 4.04. The lowest BCUT2D eigenvalue weighted by Gasteiger charge is -2.17. The molecule has 2 heterocycles. The van der Waals surface area contributed by atoms with E-state index in [1.807, 2.05) is 66.7 Å². The highest BCUT2D eigenvalue weighted by Gasteiger charge is 2.26. The van der Waals surface area contributed by atoms with Crippen LogP contribution in [0.5, 0.6) is 5.75 Å². The monoisotopic (exact) mass is 443 g/mol. The van der Waals surface area contributed by atoms with Crippen molar-refractivity contribution < 1.29 is 14.3 Å². The second-order valence-electron chi connectivity index (χ2n) is 7.18. The van der Waals surface area contributed by atoms with Crippen LogP contribution in [0.4, 0.5) is 0 Å². The SMILES string of the molecule is COC(=O)c1c(OCc2ccccc2)c2cc(Cl)cc(-c3ccccc3)c2c2ncnn12. The Morgan fingerprint density at radius 2 is 1.75 bits per heavy atom. The van der Waals surface area contributed by atoms with Gasteiger partial charge in [0.1, 0.15) is 12.9 Å². The molecule has 32 heavy (non-hydrogen) atoms. The predicted molar refractivity (Wildman–Crippen MR) is 123 cm³/mol. The van der Waals surface area contributed by atoms with Crippen molar-refractivity contribution in [3.05, 3.63) is 95.4 Å². The smallest absolute Gasteiger partial charge is 0.360 e. The van der Waals surface area contributed by atoms with Crippen molar-refractivity contribution in [1.82, 2.24) is 14.6 Å². The third kappa shape index (κ3) is 3.44. The molecule has 158 valence electrons. The summed E-state index contributed by atoms with van der Waals surface area (Å²) in [6, 6.07) is 23.2. The van der Waals surface area contributed by atoms with Crippen LogP contribution in [-0.4, -0.2) is 27.7 Å². The van der Waals surface area contributed by atoms with E-state index >= 15 is 0 Å². The summed E-state index contributed by atoms with van der Waals surface area (Å²) in [6.07, 6.45) is 1.41. The number of carbonyl (C=O) groups excluding carboxylic acids is 1. The van der Waals surface area contributed by atoms with E-state index in [1.165, 1.54) is 18.0 Å². The predicted octanol–water partition coefficient (Wildman–Crippen LogP) is 5.57. The average molecular weight is 444 g/mol. The van der Waals surface area contributed by atoms with Crippen LogP contribution in [0.1, 0.15) is 16.1 Å². The maximum absolute atomic E-state index is 12.8. The minimum atomic E-state index is -0.577. The van der Waals surface area contributed by atoms with Gasteiger partial charge < -0.3 is 9.47 Å². The largest absolute Gasteiger partial charge is 0.486 e.